The fourth-order valence-electron chi connectivity index (χ4n) is 2.34. The van der Waals surface area contributed by atoms with Crippen LogP contribution in [0.3, 0.4) is 0 Å². The highest BCUT2D eigenvalue weighted by Gasteiger charge is 2.25. The number of aromatic nitrogens is 2. The number of nitrogens with zero attached hydrogens (tertiary/aromatic N) is 2. The molecule has 0 amide bonds. The molecule has 1 unspecified atom stereocenters. The fraction of sp³-hybridized carbons (Fsp3) is 0.214. The van der Waals surface area contributed by atoms with Crippen molar-refractivity contribution in [3.63, 3.8) is 0 Å². The minimum atomic E-state index is 0.291. The third-order valence-corrected chi connectivity index (χ3v) is 3.58. The van der Waals surface area contributed by atoms with E-state index in [1.165, 1.54) is 11.1 Å². The molecule has 5 heteroatoms. The Morgan fingerprint density at radius 1 is 1.37 bits per heavy atom. The van der Waals surface area contributed by atoms with Gasteiger partial charge in [0, 0.05) is 18.7 Å². The third kappa shape index (κ3) is 2.42. The minimum absolute atomic E-state index is 0.291. The summed E-state index contributed by atoms with van der Waals surface area (Å²) in [5, 5.41) is 3.25. The van der Waals surface area contributed by atoms with Gasteiger partial charge >= 0.3 is 0 Å². The maximum Gasteiger partial charge on any atom is 0.223 e. The van der Waals surface area contributed by atoms with Crippen LogP contribution in [0.15, 0.2) is 36.5 Å². The van der Waals surface area contributed by atoms with E-state index < -0.39 is 0 Å². The van der Waals surface area contributed by atoms with Crippen LogP contribution in [0.25, 0.3) is 0 Å². The number of thiocarbonyl (C=S) groups is 1. The molecule has 1 aromatic carbocycles. The van der Waals surface area contributed by atoms with E-state index in [1.54, 1.807) is 12.3 Å². The normalized spacial score (nSPS) is 16.3. The quantitative estimate of drug-likeness (QED) is 0.830. The van der Waals surface area contributed by atoms with Crippen LogP contribution >= 0.6 is 12.2 Å². The highest BCUT2D eigenvalue weighted by molar-refractivity contribution is 7.80. The first kappa shape index (κ1) is 12.0. The molecule has 19 heavy (non-hydrogen) atoms. The molecule has 0 aliphatic heterocycles. The lowest BCUT2D eigenvalue weighted by atomic mass is 9.78. The van der Waals surface area contributed by atoms with Crippen molar-refractivity contribution in [1.29, 1.82) is 0 Å². The molecule has 1 aromatic heterocycles. The molecule has 0 saturated heterocycles. The van der Waals surface area contributed by atoms with Gasteiger partial charge in [-0.25, -0.2) is 9.97 Å². The number of benzene rings is 1. The Balaban J connectivity index is 1.65. The number of nitrogens with one attached hydrogen (secondary N) is 1. The Labute approximate surface area is 117 Å². The van der Waals surface area contributed by atoms with Crippen molar-refractivity contribution in [2.45, 2.75) is 12.3 Å². The first-order valence-corrected chi connectivity index (χ1v) is 6.59. The molecule has 1 aliphatic carbocycles. The first-order chi connectivity index (χ1) is 9.24. The summed E-state index contributed by atoms with van der Waals surface area (Å²) in [5.41, 5.74) is 9.01. The Morgan fingerprint density at radius 3 is 3.00 bits per heavy atom. The van der Waals surface area contributed by atoms with Crippen LogP contribution in [0.2, 0.25) is 0 Å². The lowest BCUT2D eigenvalue weighted by Crippen LogP contribution is -2.25. The largest absolute Gasteiger partial charge is 0.388 e. The van der Waals surface area contributed by atoms with Crippen molar-refractivity contribution >= 4 is 23.2 Å². The van der Waals surface area contributed by atoms with Crippen molar-refractivity contribution in [1.82, 2.24) is 9.97 Å². The molecule has 1 atom stereocenters. The first-order valence-electron chi connectivity index (χ1n) is 6.18. The molecule has 0 radical (unpaired) electrons. The van der Waals surface area contributed by atoms with Gasteiger partial charge in [-0.05, 0) is 23.6 Å². The molecule has 0 spiro atoms. The van der Waals surface area contributed by atoms with Crippen molar-refractivity contribution in [2.75, 3.05) is 11.9 Å². The molecular formula is C14H14N4S. The third-order valence-electron chi connectivity index (χ3n) is 3.38. The lowest BCUT2D eigenvalue weighted by molar-refractivity contribution is 0.633. The van der Waals surface area contributed by atoms with Crippen LogP contribution in [0, 0.1) is 0 Å². The number of hydrogen-bond donors (Lipinski definition) is 2. The zero-order valence-electron chi connectivity index (χ0n) is 10.3. The van der Waals surface area contributed by atoms with Gasteiger partial charge in [0.2, 0.25) is 5.95 Å². The standard InChI is InChI=1S/C14H14N4S/c15-13(19)12-5-6-16-14(18-12)17-8-10-7-9-3-1-2-4-11(9)10/h1-6,10H,7-8H2,(H2,15,19)(H,16,17,18). The van der Waals surface area contributed by atoms with Gasteiger partial charge in [0.05, 0.1) is 0 Å². The Bertz CT molecular complexity index is 626. The van der Waals surface area contributed by atoms with Gasteiger partial charge in [0.1, 0.15) is 10.7 Å². The van der Waals surface area contributed by atoms with E-state index in [1.807, 2.05) is 0 Å². The smallest absolute Gasteiger partial charge is 0.223 e. The van der Waals surface area contributed by atoms with E-state index in [0.717, 1.165) is 13.0 Å². The maximum absolute atomic E-state index is 5.55. The molecule has 0 bridgehead atoms. The SMILES string of the molecule is NC(=S)c1ccnc(NCC2Cc3ccccc32)n1. The maximum atomic E-state index is 5.55. The molecule has 3 rings (SSSR count). The zero-order valence-corrected chi connectivity index (χ0v) is 11.2. The molecule has 1 heterocycles. The fourth-order valence-corrected chi connectivity index (χ4v) is 2.45. The summed E-state index contributed by atoms with van der Waals surface area (Å²) in [7, 11) is 0. The van der Waals surface area contributed by atoms with E-state index in [-0.39, 0.29) is 0 Å². The number of hydrogen-bond acceptors (Lipinski definition) is 4. The number of nitrogens with two attached hydrogens (primary N) is 1. The van der Waals surface area contributed by atoms with Gasteiger partial charge in [-0.2, -0.15) is 0 Å². The Morgan fingerprint density at radius 2 is 2.21 bits per heavy atom. The van der Waals surface area contributed by atoms with Gasteiger partial charge in [0.25, 0.3) is 0 Å². The van der Waals surface area contributed by atoms with Crippen LogP contribution in [-0.4, -0.2) is 21.5 Å². The molecule has 96 valence electrons. The van der Waals surface area contributed by atoms with E-state index in [9.17, 15) is 0 Å². The molecule has 4 nitrogen and oxygen atoms in total. The second-order valence-corrected chi connectivity index (χ2v) is 5.05. The summed E-state index contributed by atoms with van der Waals surface area (Å²) in [5.74, 6) is 1.11. The average molecular weight is 270 g/mol. The minimum Gasteiger partial charge on any atom is -0.388 e. The van der Waals surface area contributed by atoms with Gasteiger partial charge < -0.3 is 11.1 Å². The monoisotopic (exact) mass is 270 g/mol. The average Bonchev–Trinajstić information content (AvgIpc) is 2.40. The highest BCUT2D eigenvalue weighted by atomic mass is 32.1. The molecule has 1 aliphatic rings. The van der Waals surface area contributed by atoms with E-state index in [2.05, 4.69) is 39.6 Å². The summed E-state index contributed by atoms with van der Waals surface area (Å²) < 4.78 is 0. The lowest BCUT2D eigenvalue weighted by Gasteiger charge is -2.30. The van der Waals surface area contributed by atoms with Gasteiger partial charge in [-0.1, -0.05) is 36.5 Å². The van der Waals surface area contributed by atoms with Crippen molar-refractivity contribution in [2.24, 2.45) is 5.73 Å². The molecule has 3 N–H and O–H groups in total. The van der Waals surface area contributed by atoms with Crippen LogP contribution in [-0.2, 0) is 6.42 Å². The van der Waals surface area contributed by atoms with Crippen LogP contribution in [0.4, 0.5) is 5.95 Å². The van der Waals surface area contributed by atoms with Crippen LogP contribution < -0.4 is 11.1 Å². The van der Waals surface area contributed by atoms with Crippen LogP contribution in [0.1, 0.15) is 22.7 Å². The molecule has 2 aromatic rings. The summed E-state index contributed by atoms with van der Waals surface area (Å²) >= 11 is 4.90. The second kappa shape index (κ2) is 4.93. The predicted molar refractivity (Wildman–Crippen MR) is 79.3 cm³/mol. The van der Waals surface area contributed by atoms with E-state index in [0.29, 0.717) is 22.5 Å². The molecule has 0 saturated carbocycles. The molecular weight excluding hydrogens is 256 g/mol. The van der Waals surface area contributed by atoms with Gasteiger partial charge in [-0.3, -0.25) is 0 Å². The number of rotatable bonds is 4. The number of anilines is 1. The van der Waals surface area contributed by atoms with E-state index >= 15 is 0 Å². The zero-order chi connectivity index (χ0) is 13.2. The summed E-state index contributed by atoms with van der Waals surface area (Å²) in [4.78, 5) is 8.73. The number of fused-ring (bicyclic) bond motifs is 1. The molecule has 0 fully saturated rings. The summed E-state index contributed by atoms with van der Waals surface area (Å²) in [6, 6.07) is 10.2. The Kier molecular flexibility index (Phi) is 3.13. The van der Waals surface area contributed by atoms with E-state index in [4.69, 9.17) is 18.0 Å². The summed E-state index contributed by atoms with van der Waals surface area (Å²) in [6.07, 6.45) is 2.77. The second-order valence-electron chi connectivity index (χ2n) is 4.61. The van der Waals surface area contributed by atoms with Crippen molar-refractivity contribution in [3.8, 4) is 0 Å². The van der Waals surface area contributed by atoms with Crippen LogP contribution in [0.5, 0.6) is 0 Å². The summed E-state index contributed by atoms with van der Waals surface area (Å²) in [6.45, 7) is 0.831. The predicted octanol–water partition coefficient (Wildman–Crippen LogP) is 1.86. The van der Waals surface area contributed by atoms with Crippen molar-refractivity contribution in [3.05, 3.63) is 53.3 Å². The van der Waals surface area contributed by atoms with Crippen molar-refractivity contribution < 1.29 is 0 Å². The topological polar surface area (TPSA) is 63.8 Å². The van der Waals surface area contributed by atoms with Gasteiger partial charge in [0.15, 0.2) is 0 Å². The highest BCUT2D eigenvalue weighted by Crippen LogP contribution is 2.34. The van der Waals surface area contributed by atoms with Gasteiger partial charge in [-0.15, -0.1) is 0 Å². The Hall–Kier alpha value is -2.01.